The molecule has 2 aromatic heterocycles. The quantitative estimate of drug-likeness (QED) is 0.812. The van der Waals surface area contributed by atoms with Crippen molar-refractivity contribution >= 4 is 23.2 Å². The Bertz CT molecular complexity index is 729. The van der Waals surface area contributed by atoms with Crippen molar-refractivity contribution in [1.82, 2.24) is 14.3 Å². The van der Waals surface area contributed by atoms with E-state index in [-0.39, 0.29) is 5.91 Å². The van der Waals surface area contributed by atoms with Crippen LogP contribution in [0.2, 0.25) is 5.02 Å². The molecule has 0 bridgehead atoms. The number of pyridine rings is 1. The molecule has 5 nitrogen and oxygen atoms in total. The Kier molecular flexibility index (Phi) is 3.35. The molecule has 2 saturated heterocycles. The van der Waals surface area contributed by atoms with E-state index in [1.807, 2.05) is 11.0 Å². The van der Waals surface area contributed by atoms with Gasteiger partial charge in [-0.05, 0) is 31.9 Å². The monoisotopic (exact) mass is 319 g/mol. The van der Waals surface area contributed by atoms with Crippen LogP contribution in [0.3, 0.4) is 0 Å². The third-order valence-corrected chi connectivity index (χ3v) is 4.85. The summed E-state index contributed by atoms with van der Waals surface area (Å²) in [6, 6.07) is 3.60. The van der Waals surface area contributed by atoms with Crippen molar-refractivity contribution in [3.8, 4) is 0 Å². The molecule has 6 heteroatoms. The van der Waals surface area contributed by atoms with E-state index in [0.717, 1.165) is 31.6 Å². The Morgan fingerprint density at radius 2 is 2.27 bits per heavy atom. The van der Waals surface area contributed by atoms with Crippen LogP contribution < -0.4 is 0 Å². The number of nitrogens with zero attached hydrogens (tertiary/aromatic N) is 3. The molecule has 0 spiro atoms. The van der Waals surface area contributed by atoms with E-state index in [9.17, 15) is 4.79 Å². The number of carbonyl (C=O) groups excluding carboxylic acids is 1. The molecule has 2 aliphatic rings. The summed E-state index contributed by atoms with van der Waals surface area (Å²) >= 11 is 5.97. The van der Waals surface area contributed by atoms with Crippen LogP contribution in [0.15, 0.2) is 24.5 Å². The fourth-order valence-corrected chi connectivity index (χ4v) is 3.78. The Morgan fingerprint density at radius 1 is 1.41 bits per heavy atom. The number of hydrogen-bond acceptors (Lipinski definition) is 3. The first-order chi connectivity index (χ1) is 10.6. The topological polar surface area (TPSA) is 46.8 Å². The molecule has 2 aliphatic heterocycles. The van der Waals surface area contributed by atoms with Gasteiger partial charge in [0.1, 0.15) is 11.3 Å². The van der Waals surface area contributed by atoms with Gasteiger partial charge in [-0.2, -0.15) is 0 Å². The van der Waals surface area contributed by atoms with Crippen LogP contribution in [-0.2, 0) is 4.74 Å². The zero-order chi connectivity index (χ0) is 15.3. The molecule has 2 aromatic rings. The number of fused-ring (bicyclic) bond motifs is 2. The second kappa shape index (κ2) is 5.25. The Balaban J connectivity index is 1.55. The van der Waals surface area contributed by atoms with Crippen molar-refractivity contribution in [1.29, 1.82) is 0 Å². The highest BCUT2D eigenvalue weighted by atomic mass is 35.5. The maximum absolute atomic E-state index is 12.7. The summed E-state index contributed by atoms with van der Waals surface area (Å²) in [5, 5.41) is 0.627. The van der Waals surface area contributed by atoms with Crippen molar-refractivity contribution in [2.75, 3.05) is 13.1 Å². The van der Waals surface area contributed by atoms with Crippen LogP contribution in [0.4, 0.5) is 0 Å². The molecule has 116 valence electrons. The fourth-order valence-electron chi connectivity index (χ4n) is 3.61. The molecule has 1 amide bonds. The highest BCUT2D eigenvalue weighted by molar-refractivity contribution is 6.30. The number of imidazole rings is 1. The molecule has 22 heavy (non-hydrogen) atoms. The third-order valence-electron chi connectivity index (χ3n) is 4.63. The van der Waals surface area contributed by atoms with Crippen LogP contribution in [0.5, 0.6) is 0 Å². The molecule has 0 radical (unpaired) electrons. The molecular formula is C16H18ClN3O2. The molecule has 4 heterocycles. The largest absolute Gasteiger partial charge is 0.375 e. The van der Waals surface area contributed by atoms with E-state index < -0.39 is 0 Å². The molecule has 0 unspecified atom stereocenters. The molecule has 2 fully saturated rings. The third kappa shape index (κ3) is 2.38. The van der Waals surface area contributed by atoms with Gasteiger partial charge in [0.25, 0.3) is 5.91 Å². The van der Waals surface area contributed by atoms with Crippen molar-refractivity contribution in [3.63, 3.8) is 0 Å². The highest BCUT2D eigenvalue weighted by Crippen LogP contribution is 2.33. The van der Waals surface area contributed by atoms with Crippen LogP contribution in [0.25, 0.3) is 5.65 Å². The van der Waals surface area contributed by atoms with E-state index >= 15 is 0 Å². The number of hydrogen-bond donors (Lipinski definition) is 0. The molecule has 0 N–H and O–H groups in total. The number of carbonyl (C=O) groups is 1. The van der Waals surface area contributed by atoms with Gasteiger partial charge in [-0.15, -0.1) is 0 Å². The Labute approximate surface area is 133 Å². The van der Waals surface area contributed by atoms with Crippen molar-refractivity contribution < 1.29 is 9.53 Å². The Morgan fingerprint density at radius 3 is 3.14 bits per heavy atom. The van der Waals surface area contributed by atoms with Crippen LogP contribution in [-0.4, -0.2) is 45.5 Å². The van der Waals surface area contributed by atoms with Crippen LogP contribution in [0, 0.1) is 5.92 Å². The van der Waals surface area contributed by atoms with E-state index in [1.165, 1.54) is 0 Å². The predicted octanol–water partition coefficient (Wildman–Crippen LogP) is 2.63. The van der Waals surface area contributed by atoms with Crippen molar-refractivity contribution in [2.45, 2.75) is 32.0 Å². The van der Waals surface area contributed by atoms with Gasteiger partial charge in [0.15, 0.2) is 0 Å². The number of piperidine rings is 1. The predicted molar refractivity (Wildman–Crippen MR) is 83.2 cm³/mol. The van der Waals surface area contributed by atoms with Gasteiger partial charge < -0.3 is 14.0 Å². The van der Waals surface area contributed by atoms with Gasteiger partial charge in [0.2, 0.25) is 0 Å². The summed E-state index contributed by atoms with van der Waals surface area (Å²) in [4.78, 5) is 19.0. The van der Waals surface area contributed by atoms with Crippen molar-refractivity contribution in [2.24, 2.45) is 5.92 Å². The van der Waals surface area contributed by atoms with Gasteiger partial charge in [-0.1, -0.05) is 11.6 Å². The summed E-state index contributed by atoms with van der Waals surface area (Å²) in [5.41, 5.74) is 1.22. The fraction of sp³-hybridized carbons (Fsp3) is 0.500. The summed E-state index contributed by atoms with van der Waals surface area (Å²) in [6.07, 6.45) is 6.10. The van der Waals surface area contributed by atoms with Gasteiger partial charge in [0.05, 0.1) is 17.2 Å². The summed E-state index contributed by atoms with van der Waals surface area (Å²) in [7, 11) is 0. The standard InChI is InChI=1S/C16H18ClN3O2/c1-10-6-11-7-19(5-4-14(11)22-10)16(21)13-9-20-8-12(17)2-3-15(20)18-13/h2-3,8-11,14H,4-7H2,1H3/t10-,11-,14-/m1/s1. The number of ether oxygens (including phenoxy) is 1. The van der Waals surface area contributed by atoms with Gasteiger partial charge in [-0.25, -0.2) is 4.98 Å². The lowest BCUT2D eigenvalue weighted by Crippen LogP contribution is -2.44. The molecule has 0 aromatic carbocycles. The van der Waals surface area contributed by atoms with Crippen LogP contribution >= 0.6 is 11.6 Å². The maximum atomic E-state index is 12.7. The molecule has 0 saturated carbocycles. The average molecular weight is 320 g/mol. The zero-order valence-corrected chi connectivity index (χ0v) is 13.2. The number of rotatable bonds is 1. The van der Waals surface area contributed by atoms with Crippen molar-refractivity contribution in [3.05, 3.63) is 35.2 Å². The zero-order valence-electron chi connectivity index (χ0n) is 12.4. The average Bonchev–Trinajstić information content (AvgIpc) is 3.07. The minimum Gasteiger partial charge on any atom is -0.375 e. The number of likely N-dealkylation sites (tertiary alicyclic amines) is 1. The number of halogens is 1. The molecule has 3 atom stereocenters. The lowest BCUT2D eigenvalue weighted by Gasteiger charge is -2.33. The first kappa shape index (κ1) is 14.0. The normalized spacial score (nSPS) is 28.1. The van der Waals surface area contributed by atoms with E-state index in [1.54, 1.807) is 22.9 Å². The highest BCUT2D eigenvalue weighted by Gasteiger charge is 2.39. The van der Waals surface area contributed by atoms with E-state index in [2.05, 4.69) is 11.9 Å². The smallest absolute Gasteiger partial charge is 0.274 e. The summed E-state index contributed by atoms with van der Waals surface area (Å²) < 4.78 is 7.68. The molecule has 4 rings (SSSR count). The van der Waals surface area contributed by atoms with E-state index in [0.29, 0.717) is 28.8 Å². The van der Waals surface area contributed by atoms with Crippen LogP contribution in [0.1, 0.15) is 30.3 Å². The molecular weight excluding hydrogens is 302 g/mol. The lowest BCUT2D eigenvalue weighted by atomic mass is 9.93. The maximum Gasteiger partial charge on any atom is 0.274 e. The van der Waals surface area contributed by atoms with Gasteiger partial charge in [-0.3, -0.25) is 4.79 Å². The first-order valence-corrected chi connectivity index (χ1v) is 8.07. The summed E-state index contributed by atoms with van der Waals surface area (Å²) in [6.45, 7) is 3.61. The van der Waals surface area contributed by atoms with Gasteiger partial charge in [0, 0.05) is 31.4 Å². The summed E-state index contributed by atoms with van der Waals surface area (Å²) in [5.74, 6) is 0.456. The second-order valence-electron chi connectivity index (χ2n) is 6.26. The Hall–Kier alpha value is -1.59. The first-order valence-electron chi connectivity index (χ1n) is 7.69. The minimum atomic E-state index is -0.00201. The number of amides is 1. The van der Waals surface area contributed by atoms with E-state index in [4.69, 9.17) is 16.3 Å². The SMILES string of the molecule is C[C@@H]1C[C@@H]2CN(C(=O)c3cn4cc(Cl)ccc4n3)CC[C@H]2O1. The minimum absolute atomic E-state index is 0.00201. The molecule has 0 aliphatic carbocycles. The van der Waals surface area contributed by atoms with Gasteiger partial charge >= 0.3 is 0 Å². The number of aromatic nitrogens is 2. The second-order valence-corrected chi connectivity index (χ2v) is 6.70. The lowest BCUT2D eigenvalue weighted by molar-refractivity contribution is 0.00851.